The van der Waals surface area contributed by atoms with Crippen LogP contribution in [0.25, 0.3) is 0 Å². The van der Waals surface area contributed by atoms with Gasteiger partial charge in [0.05, 0.1) is 20.3 Å². The third kappa shape index (κ3) is 4.16. The number of ether oxygens (including phenoxy) is 2. The molecule has 0 radical (unpaired) electrons. The zero-order valence-electron chi connectivity index (χ0n) is 13.1. The number of hydrogen-bond donors (Lipinski definition) is 0. The molecule has 112 valence electrons. The second kappa shape index (κ2) is 6.86. The maximum absolute atomic E-state index is 5.53. The van der Waals surface area contributed by atoms with E-state index < -0.39 is 0 Å². The van der Waals surface area contributed by atoms with Crippen LogP contribution in [0.1, 0.15) is 26.3 Å². The summed E-state index contributed by atoms with van der Waals surface area (Å²) in [5, 5.41) is 0.736. The Bertz CT molecular complexity index is 402. The lowest BCUT2D eigenvalue weighted by Crippen LogP contribution is -2.43. The zero-order chi connectivity index (χ0) is 14.6. The average molecular weight is 295 g/mol. The quantitative estimate of drug-likeness (QED) is 0.794. The van der Waals surface area contributed by atoms with Crippen LogP contribution in [0.5, 0.6) is 5.75 Å². The first-order valence-corrected chi connectivity index (χ1v) is 9.00. The highest BCUT2D eigenvalue weighted by Gasteiger charge is 2.40. The van der Waals surface area contributed by atoms with Gasteiger partial charge in [-0.3, -0.25) is 0 Å². The first-order valence-electron chi connectivity index (χ1n) is 7.37. The molecule has 0 bridgehead atoms. The molecule has 1 heterocycles. The molecule has 1 aromatic rings. The molecule has 0 N–H and O–H groups in total. The van der Waals surface area contributed by atoms with Crippen molar-refractivity contribution in [1.82, 2.24) is 0 Å². The van der Waals surface area contributed by atoms with Crippen molar-refractivity contribution in [1.29, 1.82) is 0 Å². The van der Waals surface area contributed by atoms with Gasteiger partial charge < -0.3 is 9.47 Å². The highest BCUT2D eigenvalue weighted by Crippen LogP contribution is 2.32. The standard InChI is InChI=1S/C17H27O2S/c1-17(2,3)16(20-11-9-19-10-12-20)13-14-5-7-15(18-4)8-6-14/h5-8,16H,9-13H2,1-4H3/q+1. The number of benzene rings is 1. The summed E-state index contributed by atoms with van der Waals surface area (Å²) >= 11 is 0. The summed E-state index contributed by atoms with van der Waals surface area (Å²) in [6.45, 7) is 9.02. The summed E-state index contributed by atoms with van der Waals surface area (Å²) in [7, 11) is 2.20. The van der Waals surface area contributed by atoms with Crippen LogP contribution in [0.15, 0.2) is 24.3 Å². The summed E-state index contributed by atoms with van der Waals surface area (Å²) in [6.07, 6.45) is 1.16. The van der Waals surface area contributed by atoms with Gasteiger partial charge in [0.1, 0.15) is 22.5 Å². The molecule has 1 saturated heterocycles. The molecule has 2 nitrogen and oxygen atoms in total. The van der Waals surface area contributed by atoms with Crippen molar-refractivity contribution in [2.45, 2.75) is 32.4 Å². The maximum Gasteiger partial charge on any atom is 0.131 e. The minimum Gasteiger partial charge on any atom is -0.497 e. The fraction of sp³-hybridized carbons (Fsp3) is 0.647. The summed E-state index contributed by atoms with van der Waals surface area (Å²) in [4.78, 5) is 0. The Morgan fingerprint density at radius 2 is 1.75 bits per heavy atom. The minimum atomic E-state index is 0.348. The molecular weight excluding hydrogens is 268 g/mol. The Hall–Kier alpha value is -0.670. The molecule has 20 heavy (non-hydrogen) atoms. The van der Waals surface area contributed by atoms with Crippen molar-refractivity contribution in [2.24, 2.45) is 5.41 Å². The lowest BCUT2D eigenvalue weighted by atomic mass is 9.88. The molecule has 0 aliphatic carbocycles. The van der Waals surface area contributed by atoms with E-state index in [4.69, 9.17) is 9.47 Å². The molecule has 3 heteroatoms. The largest absolute Gasteiger partial charge is 0.497 e. The van der Waals surface area contributed by atoms with Crippen molar-refractivity contribution in [3.05, 3.63) is 29.8 Å². The molecule has 1 fully saturated rings. The molecular formula is C17H27O2S+. The molecule has 0 saturated carbocycles. The Morgan fingerprint density at radius 3 is 2.25 bits per heavy atom. The fourth-order valence-electron chi connectivity index (χ4n) is 2.72. The van der Waals surface area contributed by atoms with Crippen LogP contribution in [-0.4, -0.2) is 37.1 Å². The van der Waals surface area contributed by atoms with E-state index in [-0.39, 0.29) is 0 Å². The van der Waals surface area contributed by atoms with Crippen LogP contribution < -0.4 is 4.74 Å². The number of rotatable bonds is 4. The van der Waals surface area contributed by atoms with Crippen LogP contribution in [-0.2, 0) is 22.1 Å². The summed E-state index contributed by atoms with van der Waals surface area (Å²) in [5.41, 5.74) is 1.77. The van der Waals surface area contributed by atoms with Crippen LogP contribution in [0.3, 0.4) is 0 Å². The second-order valence-corrected chi connectivity index (χ2v) is 8.93. The van der Waals surface area contributed by atoms with Gasteiger partial charge in [-0.2, -0.15) is 0 Å². The summed E-state index contributed by atoms with van der Waals surface area (Å²) < 4.78 is 10.8. The van der Waals surface area contributed by atoms with Crippen molar-refractivity contribution < 1.29 is 9.47 Å². The van der Waals surface area contributed by atoms with E-state index in [9.17, 15) is 0 Å². The van der Waals surface area contributed by atoms with Crippen molar-refractivity contribution in [3.8, 4) is 5.75 Å². The van der Waals surface area contributed by atoms with Gasteiger partial charge in [-0.05, 0) is 28.6 Å². The Labute approximate surface area is 126 Å². The van der Waals surface area contributed by atoms with Crippen molar-refractivity contribution >= 4 is 10.9 Å². The number of methoxy groups -OCH3 is 1. The van der Waals surface area contributed by atoms with Crippen molar-refractivity contribution in [2.75, 3.05) is 31.8 Å². The van der Waals surface area contributed by atoms with Gasteiger partial charge >= 0.3 is 0 Å². The van der Waals surface area contributed by atoms with E-state index in [1.54, 1.807) is 7.11 Å². The third-order valence-electron chi connectivity index (χ3n) is 3.93. The SMILES string of the molecule is COc1ccc(CC([S+]2CCOCC2)C(C)(C)C)cc1. The van der Waals surface area contributed by atoms with Gasteiger partial charge in [-0.25, -0.2) is 0 Å². The molecule has 0 spiro atoms. The molecule has 0 aromatic heterocycles. The first kappa shape index (κ1) is 15.7. The van der Waals surface area contributed by atoms with E-state index >= 15 is 0 Å². The highest BCUT2D eigenvalue weighted by atomic mass is 32.2. The van der Waals surface area contributed by atoms with Crippen LogP contribution in [0.2, 0.25) is 0 Å². The van der Waals surface area contributed by atoms with Crippen LogP contribution in [0.4, 0.5) is 0 Å². The monoisotopic (exact) mass is 295 g/mol. The molecule has 1 unspecified atom stereocenters. The van der Waals surface area contributed by atoms with E-state index in [1.165, 1.54) is 17.1 Å². The van der Waals surface area contributed by atoms with Gasteiger partial charge in [0, 0.05) is 11.8 Å². The Morgan fingerprint density at radius 1 is 1.15 bits per heavy atom. The normalized spacial score (nSPS) is 18.8. The first-order chi connectivity index (χ1) is 9.50. The Balaban J connectivity index is 2.10. The van der Waals surface area contributed by atoms with Gasteiger partial charge in [0.2, 0.25) is 0 Å². The topological polar surface area (TPSA) is 18.5 Å². The van der Waals surface area contributed by atoms with E-state index in [0.29, 0.717) is 16.3 Å². The van der Waals surface area contributed by atoms with E-state index in [2.05, 4.69) is 45.0 Å². The van der Waals surface area contributed by atoms with Crippen LogP contribution in [0, 0.1) is 5.41 Å². The van der Waals surface area contributed by atoms with Crippen LogP contribution >= 0.6 is 0 Å². The lowest BCUT2D eigenvalue weighted by Gasteiger charge is -2.32. The van der Waals surface area contributed by atoms with Gasteiger partial charge in [-0.15, -0.1) is 0 Å². The lowest BCUT2D eigenvalue weighted by molar-refractivity contribution is 0.158. The third-order valence-corrected chi connectivity index (χ3v) is 6.99. The predicted molar refractivity (Wildman–Crippen MR) is 87.9 cm³/mol. The van der Waals surface area contributed by atoms with Gasteiger partial charge in [-0.1, -0.05) is 32.9 Å². The van der Waals surface area contributed by atoms with Gasteiger partial charge in [0.25, 0.3) is 0 Å². The molecule has 1 aliphatic heterocycles. The van der Waals surface area contributed by atoms with E-state index in [1.807, 2.05) is 0 Å². The fourth-order valence-corrected chi connectivity index (χ4v) is 5.59. The number of hydrogen-bond acceptors (Lipinski definition) is 2. The zero-order valence-corrected chi connectivity index (χ0v) is 14.0. The molecule has 2 rings (SSSR count). The average Bonchev–Trinajstić information content (AvgIpc) is 2.45. The molecule has 1 aromatic carbocycles. The summed E-state index contributed by atoms with van der Waals surface area (Å²) in [5.74, 6) is 3.41. The maximum atomic E-state index is 5.53. The molecule has 1 aliphatic rings. The Kier molecular flexibility index (Phi) is 5.39. The molecule has 0 amide bonds. The van der Waals surface area contributed by atoms with Crippen molar-refractivity contribution in [3.63, 3.8) is 0 Å². The smallest absolute Gasteiger partial charge is 0.131 e. The predicted octanol–water partition coefficient (Wildman–Crippen LogP) is 3.30. The van der Waals surface area contributed by atoms with E-state index in [0.717, 1.165) is 30.6 Å². The highest BCUT2D eigenvalue weighted by molar-refractivity contribution is 7.97. The molecule has 1 atom stereocenters. The summed E-state index contributed by atoms with van der Waals surface area (Å²) in [6, 6.07) is 8.56. The van der Waals surface area contributed by atoms with Gasteiger partial charge in [0.15, 0.2) is 0 Å². The second-order valence-electron chi connectivity index (χ2n) is 6.46. The minimum absolute atomic E-state index is 0.348.